The quantitative estimate of drug-likeness (QED) is 0.619. The molecule has 1 spiro atoms. The van der Waals surface area contributed by atoms with Crippen LogP contribution in [0.3, 0.4) is 0 Å². The summed E-state index contributed by atoms with van der Waals surface area (Å²) in [5.41, 5.74) is 3.21. The molecule has 0 unspecified atom stereocenters. The number of methoxy groups -OCH3 is 1. The smallest absolute Gasteiger partial charge is 0.355 e. The predicted molar refractivity (Wildman–Crippen MR) is 91.5 cm³/mol. The van der Waals surface area contributed by atoms with E-state index < -0.39 is 29.2 Å². The zero-order valence-corrected chi connectivity index (χ0v) is 15.0. The SMILES string of the molecule is COC(=O)C1=C[C@]2(CC(=O)N(c3cc(C)cc(C)c3)C2=O)N(C(C)=O)N1. The molecular formula is C18H19N3O5. The third kappa shape index (κ3) is 2.54. The molecular weight excluding hydrogens is 338 g/mol. The third-order valence-electron chi connectivity index (χ3n) is 4.44. The van der Waals surface area contributed by atoms with E-state index in [0.29, 0.717) is 5.69 Å². The van der Waals surface area contributed by atoms with Gasteiger partial charge in [-0.25, -0.2) is 14.7 Å². The van der Waals surface area contributed by atoms with Crippen molar-refractivity contribution in [1.29, 1.82) is 0 Å². The molecule has 1 aromatic rings. The summed E-state index contributed by atoms with van der Waals surface area (Å²) in [5, 5.41) is 1.02. The van der Waals surface area contributed by atoms with Crippen LogP contribution < -0.4 is 10.3 Å². The van der Waals surface area contributed by atoms with Gasteiger partial charge < -0.3 is 4.74 Å². The molecule has 26 heavy (non-hydrogen) atoms. The molecule has 2 aliphatic heterocycles. The van der Waals surface area contributed by atoms with Crippen LogP contribution in [0.2, 0.25) is 0 Å². The Hall–Kier alpha value is -3.16. The highest BCUT2D eigenvalue weighted by molar-refractivity contribution is 6.26. The summed E-state index contributed by atoms with van der Waals surface area (Å²) in [6, 6.07) is 5.39. The van der Waals surface area contributed by atoms with Crippen LogP contribution in [0.5, 0.6) is 0 Å². The zero-order chi connectivity index (χ0) is 19.2. The average molecular weight is 357 g/mol. The number of aryl methyl sites for hydroxylation is 2. The molecule has 2 aliphatic rings. The first-order valence-corrected chi connectivity index (χ1v) is 8.04. The molecule has 1 aromatic carbocycles. The Balaban J connectivity index is 2.09. The largest absolute Gasteiger partial charge is 0.464 e. The summed E-state index contributed by atoms with van der Waals surface area (Å²) in [4.78, 5) is 50.9. The minimum Gasteiger partial charge on any atom is -0.464 e. The average Bonchev–Trinajstić information content (AvgIpc) is 3.04. The van der Waals surface area contributed by atoms with Crippen LogP contribution >= 0.6 is 0 Å². The lowest BCUT2D eigenvalue weighted by Gasteiger charge is -2.30. The highest BCUT2D eigenvalue weighted by Crippen LogP contribution is 2.38. The Kier molecular flexibility index (Phi) is 4.06. The Morgan fingerprint density at radius 2 is 1.77 bits per heavy atom. The van der Waals surface area contributed by atoms with Crippen molar-refractivity contribution in [3.8, 4) is 0 Å². The van der Waals surface area contributed by atoms with Gasteiger partial charge in [-0.3, -0.25) is 19.8 Å². The lowest BCUT2D eigenvalue weighted by Crippen LogP contribution is -2.56. The summed E-state index contributed by atoms with van der Waals surface area (Å²) < 4.78 is 4.65. The van der Waals surface area contributed by atoms with Crippen molar-refractivity contribution in [2.45, 2.75) is 32.7 Å². The Morgan fingerprint density at radius 3 is 2.31 bits per heavy atom. The van der Waals surface area contributed by atoms with E-state index in [1.807, 2.05) is 19.9 Å². The number of hydrogen-bond acceptors (Lipinski definition) is 6. The number of nitrogens with zero attached hydrogens (tertiary/aromatic N) is 2. The topological polar surface area (TPSA) is 96.0 Å². The molecule has 0 radical (unpaired) electrons. The lowest BCUT2D eigenvalue weighted by molar-refractivity contribution is -0.143. The van der Waals surface area contributed by atoms with E-state index in [4.69, 9.17) is 0 Å². The standard InChI is InChI=1S/C18H19N3O5/c1-10-5-11(2)7-13(6-10)20-15(23)9-18(17(20)25)8-14(16(24)26-4)19-21(18)12(3)22/h5-8,19H,9H2,1-4H3/t18-/m1/s1. The molecule has 0 aromatic heterocycles. The fraction of sp³-hybridized carbons (Fsp3) is 0.333. The maximum atomic E-state index is 13.2. The molecule has 2 heterocycles. The van der Waals surface area contributed by atoms with Crippen molar-refractivity contribution < 1.29 is 23.9 Å². The Labute approximate surface area is 150 Å². The molecule has 8 heteroatoms. The first kappa shape index (κ1) is 17.7. The molecule has 0 saturated carbocycles. The number of carbonyl (C=O) groups excluding carboxylic acids is 4. The van der Waals surface area contributed by atoms with Crippen molar-refractivity contribution in [3.63, 3.8) is 0 Å². The zero-order valence-electron chi connectivity index (χ0n) is 15.0. The van der Waals surface area contributed by atoms with E-state index in [9.17, 15) is 19.2 Å². The van der Waals surface area contributed by atoms with E-state index in [2.05, 4.69) is 10.2 Å². The first-order chi connectivity index (χ1) is 12.2. The lowest BCUT2D eigenvalue weighted by atomic mass is 9.96. The van der Waals surface area contributed by atoms with Gasteiger partial charge in [0.15, 0.2) is 5.54 Å². The molecule has 3 amide bonds. The van der Waals surface area contributed by atoms with Crippen LogP contribution in [-0.4, -0.2) is 41.3 Å². The van der Waals surface area contributed by atoms with Gasteiger partial charge in [-0.1, -0.05) is 6.07 Å². The number of hydrogen-bond donors (Lipinski definition) is 1. The predicted octanol–water partition coefficient (Wildman–Crippen LogP) is 0.729. The number of ether oxygens (including phenoxy) is 1. The van der Waals surface area contributed by atoms with Gasteiger partial charge in [-0.05, 0) is 43.2 Å². The number of esters is 1. The van der Waals surface area contributed by atoms with Crippen molar-refractivity contribution >= 4 is 29.4 Å². The number of hydrazine groups is 1. The van der Waals surface area contributed by atoms with E-state index in [1.54, 1.807) is 12.1 Å². The van der Waals surface area contributed by atoms with Crippen LogP contribution in [0.4, 0.5) is 5.69 Å². The van der Waals surface area contributed by atoms with E-state index in [1.165, 1.54) is 20.1 Å². The van der Waals surface area contributed by atoms with E-state index in [0.717, 1.165) is 21.0 Å². The molecule has 1 saturated heterocycles. The van der Waals surface area contributed by atoms with Crippen LogP contribution in [-0.2, 0) is 23.9 Å². The van der Waals surface area contributed by atoms with Crippen LogP contribution in [0.25, 0.3) is 0 Å². The van der Waals surface area contributed by atoms with Gasteiger partial charge in [0.25, 0.3) is 5.91 Å². The van der Waals surface area contributed by atoms with Gasteiger partial charge in [0.1, 0.15) is 5.70 Å². The Bertz CT molecular complexity index is 855. The monoisotopic (exact) mass is 357 g/mol. The normalized spacial score (nSPS) is 21.9. The summed E-state index contributed by atoms with van der Waals surface area (Å²) in [6.45, 7) is 4.98. The molecule has 136 valence electrons. The summed E-state index contributed by atoms with van der Waals surface area (Å²) >= 11 is 0. The van der Waals surface area contributed by atoms with E-state index >= 15 is 0 Å². The van der Waals surface area contributed by atoms with Gasteiger partial charge in [0.2, 0.25) is 11.8 Å². The Morgan fingerprint density at radius 1 is 1.15 bits per heavy atom. The molecule has 0 bridgehead atoms. The second-order valence-electron chi connectivity index (χ2n) is 6.50. The van der Waals surface area contributed by atoms with Crippen molar-refractivity contribution in [2.75, 3.05) is 12.0 Å². The number of carbonyl (C=O) groups is 4. The first-order valence-electron chi connectivity index (χ1n) is 8.04. The number of imide groups is 1. The number of rotatable bonds is 2. The van der Waals surface area contributed by atoms with Crippen molar-refractivity contribution in [1.82, 2.24) is 10.4 Å². The van der Waals surface area contributed by atoms with Gasteiger partial charge >= 0.3 is 5.97 Å². The molecule has 8 nitrogen and oxygen atoms in total. The van der Waals surface area contributed by atoms with Crippen LogP contribution in [0.1, 0.15) is 24.5 Å². The number of amides is 3. The van der Waals surface area contributed by atoms with Gasteiger partial charge in [0.05, 0.1) is 19.2 Å². The minimum atomic E-state index is -1.58. The van der Waals surface area contributed by atoms with Crippen LogP contribution in [0.15, 0.2) is 30.0 Å². The maximum Gasteiger partial charge on any atom is 0.355 e. The van der Waals surface area contributed by atoms with Gasteiger partial charge in [-0.15, -0.1) is 0 Å². The minimum absolute atomic E-state index is 0.0499. The third-order valence-corrected chi connectivity index (χ3v) is 4.44. The molecule has 1 N–H and O–H groups in total. The summed E-state index contributed by atoms with van der Waals surface area (Å²) in [5.74, 6) is -2.26. The van der Waals surface area contributed by atoms with Crippen molar-refractivity contribution in [3.05, 3.63) is 41.1 Å². The number of anilines is 1. The highest BCUT2D eigenvalue weighted by Gasteiger charge is 2.59. The fourth-order valence-electron chi connectivity index (χ4n) is 3.45. The van der Waals surface area contributed by atoms with Gasteiger partial charge in [0, 0.05) is 6.92 Å². The molecule has 1 atom stereocenters. The molecule has 3 rings (SSSR count). The fourth-order valence-corrected chi connectivity index (χ4v) is 3.45. The molecule has 0 aliphatic carbocycles. The van der Waals surface area contributed by atoms with Gasteiger partial charge in [-0.2, -0.15) is 0 Å². The second kappa shape index (κ2) is 5.98. The highest BCUT2D eigenvalue weighted by atomic mass is 16.5. The van der Waals surface area contributed by atoms with Crippen LogP contribution in [0, 0.1) is 13.8 Å². The number of nitrogens with one attached hydrogen (secondary N) is 1. The number of benzene rings is 1. The molecule has 1 fully saturated rings. The second-order valence-corrected chi connectivity index (χ2v) is 6.50. The summed E-state index contributed by atoms with van der Waals surface area (Å²) in [7, 11) is 1.19. The summed E-state index contributed by atoms with van der Waals surface area (Å²) in [6.07, 6.45) is 1.04. The maximum absolute atomic E-state index is 13.2. The van der Waals surface area contributed by atoms with Crippen molar-refractivity contribution in [2.24, 2.45) is 0 Å². The van der Waals surface area contributed by atoms with E-state index in [-0.39, 0.29) is 12.1 Å².